The van der Waals surface area contributed by atoms with Crippen molar-refractivity contribution in [3.8, 4) is 0 Å². The number of carboxylic acids is 1. The molecule has 0 heterocycles. The highest BCUT2D eigenvalue weighted by Crippen LogP contribution is 2.22. The largest absolute Gasteiger partial charge is 0.478 e. The highest BCUT2D eigenvalue weighted by molar-refractivity contribution is 6.33. The fourth-order valence-corrected chi connectivity index (χ4v) is 1.35. The van der Waals surface area contributed by atoms with Crippen molar-refractivity contribution in [3.05, 3.63) is 40.9 Å². The van der Waals surface area contributed by atoms with Crippen molar-refractivity contribution in [3.63, 3.8) is 0 Å². The van der Waals surface area contributed by atoms with Gasteiger partial charge in [-0.1, -0.05) is 17.7 Å². The standard InChI is InChI=1S/C12H11ClN2O4/c1-7-2-3-8(13)9(6-7)14-12(19)15-10(16)4-5-11(17)18/h2-6H,1H3,(H,17,18)(H2,14,15,16,19)/b5-4+. The number of halogens is 1. The molecule has 1 aromatic carbocycles. The van der Waals surface area contributed by atoms with Crippen LogP contribution >= 0.6 is 11.6 Å². The Morgan fingerprint density at radius 1 is 1.26 bits per heavy atom. The van der Waals surface area contributed by atoms with E-state index < -0.39 is 17.9 Å². The first-order valence-electron chi connectivity index (χ1n) is 5.17. The molecule has 0 bridgehead atoms. The topological polar surface area (TPSA) is 95.5 Å². The highest BCUT2D eigenvalue weighted by atomic mass is 35.5. The number of nitrogens with one attached hydrogen (secondary N) is 2. The second-order valence-electron chi connectivity index (χ2n) is 3.60. The highest BCUT2D eigenvalue weighted by Gasteiger charge is 2.08. The first-order valence-corrected chi connectivity index (χ1v) is 5.55. The Hall–Kier alpha value is -2.34. The quantitative estimate of drug-likeness (QED) is 0.738. The van der Waals surface area contributed by atoms with Crippen LogP contribution in [0.25, 0.3) is 0 Å². The number of urea groups is 1. The number of carbonyl (C=O) groups excluding carboxylic acids is 2. The van der Waals surface area contributed by atoms with Crippen LogP contribution in [-0.2, 0) is 9.59 Å². The molecule has 19 heavy (non-hydrogen) atoms. The molecule has 0 unspecified atom stereocenters. The van der Waals surface area contributed by atoms with E-state index in [-0.39, 0.29) is 0 Å². The van der Waals surface area contributed by atoms with Gasteiger partial charge in [0, 0.05) is 12.2 Å². The SMILES string of the molecule is Cc1ccc(Cl)c(NC(=O)NC(=O)/C=C/C(=O)O)c1. The van der Waals surface area contributed by atoms with Gasteiger partial charge < -0.3 is 10.4 Å². The molecule has 0 spiro atoms. The van der Waals surface area contributed by atoms with E-state index >= 15 is 0 Å². The van der Waals surface area contributed by atoms with Gasteiger partial charge in [0.2, 0.25) is 0 Å². The second-order valence-corrected chi connectivity index (χ2v) is 4.01. The number of rotatable bonds is 3. The van der Waals surface area contributed by atoms with Gasteiger partial charge in [0.15, 0.2) is 0 Å². The summed E-state index contributed by atoms with van der Waals surface area (Å²) >= 11 is 5.86. The molecule has 0 saturated carbocycles. The summed E-state index contributed by atoms with van der Waals surface area (Å²) in [7, 11) is 0. The molecule has 6 nitrogen and oxygen atoms in total. The molecule has 3 N–H and O–H groups in total. The van der Waals surface area contributed by atoms with Gasteiger partial charge in [0.1, 0.15) is 0 Å². The number of benzene rings is 1. The number of hydrogen-bond donors (Lipinski definition) is 3. The van der Waals surface area contributed by atoms with Gasteiger partial charge in [0.05, 0.1) is 10.7 Å². The van der Waals surface area contributed by atoms with E-state index in [4.69, 9.17) is 16.7 Å². The van der Waals surface area contributed by atoms with Gasteiger partial charge in [-0.05, 0) is 24.6 Å². The molecule has 0 fully saturated rings. The summed E-state index contributed by atoms with van der Waals surface area (Å²) in [5.74, 6) is -2.12. The molecule has 0 radical (unpaired) electrons. The smallest absolute Gasteiger partial charge is 0.328 e. The number of amides is 3. The van der Waals surface area contributed by atoms with E-state index in [2.05, 4.69) is 5.32 Å². The molecular weight excluding hydrogens is 272 g/mol. The van der Waals surface area contributed by atoms with Gasteiger partial charge in [-0.3, -0.25) is 10.1 Å². The third kappa shape index (κ3) is 5.22. The lowest BCUT2D eigenvalue weighted by atomic mass is 10.2. The Morgan fingerprint density at radius 2 is 1.95 bits per heavy atom. The van der Waals surface area contributed by atoms with Gasteiger partial charge in [-0.15, -0.1) is 0 Å². The van der Waals surface area contributed by atoms with Crippen LogP contribution < -0.4 is 10.6 Å². The first kappa shape index (κ1) is 14.7. The normalized spacial score (nSPS) is 10.2. The van der Waals surface area contributed by atoms with Crippen molar-refractivity contribution < 1.29 is 19.5 Å². The predicted octanol–water partition coefficient (Wildman–Crippen LogP) is 1.94. The van der Waals surface area contributed by atoms with Crippen molar-refractivity contribution in [2.24, 2.45) is 0 Å². The Labute approximate surface area is 114 Å². The summed E-state index contributed by atoms with van der Waals surface area (Å²) in [6.45, 7) is 1.82. The lowest BCUT2D eigenvalue weighted by Crippen LogP contribution is -2.33. The summed E-state index contributed by atoms with van der Waals surface area (Å²) < 4.78 is 0. The summed E-state index contributed by atoms with van der Waals surface area (Å²) in [6, 6.07) is 4.22. The number of anilines is 1. The maximum Gasteiger partial charge on any atom is 0.328 e. The molecule has 7 heteroatoms. The number of carbonyl (C=O) groups is 3. The van der Waals surface area contributed by atoms with Crippen molar-refractivity contribution >= 4 is 35.2 Å². The predicted molar refractivity (Wildman–Crippen MR) is 70.1 cm³/mol. The number of aryl methyl sites for hydroxylation is 1. The molecule has 1 aromatic rings. The Kier molecular flexibility index (Phi) is 5.08. The third-order valence-electron chi connectivity index (χ3n) is 1.98. The molecule has 0 aliphatic carbocycles. The fourth-order valence-electron chi connectivity index (χ4n) is 1.19. The number of aliphatic carboxylic acids is 1. The zero-order chi connectivity index (χ0) is 14.4. The molecule has 3 amide bonds. The lowest BCUT2D eigenvalue weighted by molar-refractivity contribution is -0.131. The molecule has 0 aliphatic heterocycles. The fraction of sp³-hybridized carbons (Fsp3) is 0.0833. The summed E-state index contributed by atoms with van der Waals surface area (Å²) in [5.41, 5.74) is 1.24. The van der Waals surface area contributed by atoms with E-state index in [0.29, 0.717) is 16.8 Å². The van der Waals surface area contributed by atoms with Crippen LogP contribution in [0.5, 0.6) is 0 Å². The first-order chi connectivity index (χ1) is 8.88. The Balaban J connectivity index is 2.63. The molecule has 100 valence electrons. The van der Waals surface area contributed by atoms with E-state index in [1.165, 1.54) is 0 Å². The molecule has 0 aliphatic rings. The third-order valence-corrected chi connectivity index (χ3v) is 2.31. The summed E-state index contributed by atoms with van der Waals surface area (Å²) in [6.07, 6.45) is 1.36. The molecule has 1 rings (SSSR count). The van der Waals surface area contributed by atoms with Crippen LogP contribution in [0, 0.1) is 6.92 Å². The molecule has 0 atom stereocenters. The monoisotopic (exact) mass is 282 g/mol. The number of imide groups is 1. The second kappa shape index (κ2) is 6.55. The minimum atomic E-state index is -1.28. The van der Waals surface area contributed by atoms with Crippen LogP contribution in [0.2, 0.25) is 5.02 Å². The molecule has 0 aromatic heterocycles. The lowest BCUT2D eigenvalue weighted by Gasteiger charge is -2.07. The van der Waals surface area contributed by atoms with Crippen molar-refractivity contribution in [1.82, 2.24) is 5.32 Å². The Morgan fingerprint density at radius 3 is 2.58 bits per heavy atom. The van der Waals surface area contributed by atoms with Crippen molar-refractivity contribution in [1.29, 1.82) is 0 Å². The van der Waals surface area contributed by atoms with E-state index in [9.17, 15) is 14.4 Å². The minimum Gasteiger partial charge on any atom is -0.478 e. The Bertz CT molecular complexity index is 555. The average molecular weight is 283 g/mol. The molecular formula is C12H11ClN2O4. The van der Waals surface area contributed by atoms with Gasteiger partial charge in [-0.25, -0.2) is 9.59 Å². The van der Waals surface area contributed by atoms with Crippen LogP contribution in [0.15, 0.2) is 30.4 Å². The van der Waals surface area contributed by atoms with E-state index in [1.807, 2.05) is 12.2 Å². The van der Waals surface area contributed by atoms with Crippen LogP contribution in [0.3, 0.4) is 0 Å². The van der Waals surface area contributed by atoms with Crippen molar-refractivity contribution in [2.75, 3.05) is 5.32 Å². The zero-order valence-corrected chi connectivity index (χ0v) is 10.7. The zero-order valence-electron chi connectivity index (χ0n) is 9.94. The van der Waals surface area contributed by atoms with Crippen LogP contribution in [0.4, 0.5) is 10.5 Å². The average Bonchev–Trinajstić information content (AvgIpc) is 2.31. The maximum absolute atomic E-state index is 11.4. The number of carboxylic acid groups (broad SMARTS) is 1. The maximum atomic E-state index is 11.4. The van der Waals surface area contributed by atoms with Gasteiger partial charge in [0.25, 0.3) is 5.91 Å². The van der Waals surface area contributed by atoms with Gasteiger partial charge >= 0.3 is 12.0 Å². The van der Waals surface area contributed by atoms with E-state index in [1.54, 1.807) is 18.2 Å². The van der Waals surface area contributed by atoms with Gasteiger partial charge in [-0.2, -0.15) is 0 Å². The van der Waals surface area contributed by atoms with E-state index in [0.717, 1.165) is 11.6 Å². The summed E-state index contributed by atoms with van der Waals surface area (Å²) in [4.78, 5) is 32.8. The number of hydrogen-bond acceptors (Lipinski definition) is 3. The van der Waals surface area contributed by atoms with Crippen LogP contribution in [-0.4, -0.2) is 23.0 Å². The van der Waals surface area contributed by atoms with Crippen LogP contribution in [0.1, 0.15) is 5.56 Å². The minimum absolute atomic E-state index is 0.328. The molecule has 0 saturated heterocycles. The summed E-state index contributed by atoms with van der Waals surface area (Å²) in [5, 5.41) is 13.0. The van der Waals surface area contributed by atoms with Crippen molar-refractivity contribution in [2.45, 2.75) is 6.92 Å².